The Kier molecular flexibility index (Phi) is 3.62. The molecule has 0 radical (unpaired) electrons. The van der Waals surface area contributed by atoms with E-state index in [0.717, 1.165) is 12.8 Å². The Morgan fingerprint density at radius 1 is 1.19 bits per heavy atom. The maximum atomic E-state index is 12.4. The molecule has 2 fully saturated rings. The largest absolute Gasteiger partial charge is 0.438 e. The average Bonchev–Trinajstić information content (AvgIpc) is 2.40. The Morgan fingerprint density at radius 2 is 1.67 bits per heavy atom. The quantitative estimate of drug-likeness (QED) is 0.814. The molecule has 3 N–H and O–H groups in total. The molecular formula is C16H31N2O3+. The van der Waals surface area contributed by atoms with Crippen LogP contribution in [0.25, 0.3) is 0 Å². The van der Waals surface area contributed by atoms with Gasteiger partial charge in [0, 0.05) is 18.9 Å². The molecule has 0 unspecified atom stereocenters. The van der Waals surface area contributed by atoms with Gasteiger partial charge in [-0.2, -0.15) is 0 Å². The van der Waals surface area contributed by atoms with Gasteiger partial charge in [-0.25, -0.2) is 4.79 Å². The first kappa shape index (κ1) is 16.6. The normalized spacial score (nSPS) is 39.4. The molecule has 2 heterocycles. The van der Waals surface area contributed by atoms with E-state index in [-0.39, 0.29) is 23.2 Å². The number of piperidine rings is 1. The number of hydrogen-bond donors (Lipinski definition) is 2. The molecule has 5 heteroatoms. The second-order valence-corrected chi connectivity index (χ2v) is 8.53. The summed E-state index contributed by atoms with van der Waals surface area (Å²) >= 11 is 0. The number of ether oxygens (including phenoxy) is 1. The van der Waals surface area contributed by atoms with E-state index in [2.05, 4.69) is 33.0 Å². The molecule has 122 valence electrons. The molecule has 0 saturated carbocycles. The van der Waals surface area contributed by atoms with Crippen molar-refractivity contribution in [2.75, 3.05) is 0 Å². The van der Waals surface area contributed by atoms with Gasteiger partial charge in [-0.15, -0.1) is 0 Å². The molecule has 1 amide bonds. The zero-order valence-electron chi connectivity index (χ0n) is 14.5. The topological polar surface area (TPSA) is 66.4 Å². The number of aliphatic hydroxyl groups is 1. The Bertz CT molecular complexity index is 429. The molecule has 2 saturated heterocycles. The minimum atomic E-state index is -1.27. The highest BCUT2D eigenvalue weighted by Crippen LogP contribution is 2.43. The first-order valence-corrected chi connectivity index (χ1v) is 7.95. The number of amides is 1. The van der Waals surface area contributed by atoms with Crippen LogP contribution in [0.5, 0.6) is 0 Å². The molecule has 2 aliphatic rings. The molecule has 0 aromatic heterocycles. The third kappa shape index (κ3) is 2.66. The lowest BCUT2D eigenvalue weighted by atomic mass is 9.77. The Morgan fingerprint density at radius 3 is 2.05 bits per heavy atom. The fourth-order valence-corrected chi connectivity index (χ4v) is 4.33. The maximum absolute atomic E-state index is 12.4. The molecule has 0 aromatic carbocycles. The molecular weight excluding hydrogens is 268 g/mol. The van der Waals surface area contributed by atoms with Crippen molar-refractivity contribution in [2.24, 2.45) is 0 Å². The van der Waals surface area contributed by atoms with Crippen molar-refractivity contribution >= 4 is 6.09 Å². The summed E-state index contributed by atoms with van der Waals surface area (Å²) in [5.74, 6) is 0. The van der Waals surface area contributed by atoms with Crippen LogP contribution < -0.4 is 5.32 Å². The second kappa shape index (κ2) is 4.59. The number of hydrogen-bond acceptors (Lipinski definition) is 3. The van der Waals surface area contributed by atoms with Gasteiger partial charge >= 0.3 is 6.09 Å². The van der Waals surface area contributed by atoms with Crippen molar-refractivity contribution < 1.29 is 20.0 Å². The molecule has 5 nitrogen and oxygen atoms in total. The maximum Gasteiger partial charge on any atom is 0.413 e. The summed E-state index contributed by atoms with van der Waals surface area (Å²) < 4.78 is 5.54. The van der Waals surface area contributed by atoms with Crippen molar-refractivity contribution in [1.29, 1.82) is 0 Å². The van der Waals surface area contributed by atoms with Crippen molar-refractivity contribution in [3.05, 3.63) is 0 Å². The summed E-state index contributed by atoms with van der Waals surface area (Å²) in [7, 11) is 0. The van der Waals surface area contributed by atoms with Gasteiger partial charge in [-0.1, -0.05) is 6.92 Å². The predicted octanol–water partition coefficient (Wildman–Crippen LogP) is 1.60. The van der Waals surface area contributed by atoms with E-state index >= 15 is 0 Å². The highest BCUT2D eigenvalue weighted by Gasteiger charge is 2.62. The smallest absolute Gasteiger partial charge is 0.413 e. The highest BCUT2D eigenvalue weighted by atomic mass is 16.6. The van der Waals surface area contributed by atoms with Gasteiger partial charge < -0.3 is 15.2 Å². The van der Waals surface area contributed by atoms with E-state index in [1.54, 1.807) is 11.8 Å². The third-order valence-electron chi connectivity index (χ3n) is 5.32. The zero-order valence-corrected chi connectivity index (χ0v) is 14.5. The van der Waals surface area contributed by atoms with Crippen LogP contribution in [-0.2, 0) is 4.74 Å². The van der Waals surface area contributed by atoms with E-state index in [1.165, 1.54) is 0 Å². The summed E-state index contributed by atoms with van der Waals surface area (Å²) in [4.78, 5) is 14.0. The van der Waals surface area contributed by atoms with E-state index in [4.69, 9.17) is 4.74 Å². The summed E-state index contributed by atoms with van der Waals surface area (Å²) in [5.41, 5.74) is -2.05. The minimum absolute atomic E-state index is 0.00382. The van der Waals surface area contributed by atoms with Gasteiger partial charge in [-0.3, -0.25) is 4.90 Å². The van der Waals surface area contributed by atoms with Crippen molar-refractivity contribution in [3.8, 4) is 0 Å². The predicted molar refractivity (Wildman–Crippen MR) is 80.7 cm³/mol. The van der Waals surface area contributed by atoms with Gasteiger partial charge in [-0.05, 0) is 48.0 Å². The summed E-state index contributed by atoms with van der Waals surface area (Å²) in [6.45, 7) is 14.2. The van der Waals surface area contributed by atoms with Gasteiger partial charge in [0.25, 0.3) is 0 Å². The second-order valence-electron chi connectivity index (χ2n) is 8.53. The zero-order chi connectivity index (χ0) is 16.3. The van der Waals surface area contributed by atoms with E-state index in [1.807, 2.05) is 13.8 Å². The summed E-state index contributed by atoms with van der Waals surface area (Å²) in [6, 6.07) is -0.00382. The summed E-state index contributed by atoms with van der Waals surface area (Å²) in [5, 5.41) is 13.4. The number of cyclic esters (lactones) is 1. The average molecular weight is 299 g/mol. The Balaban J connectivity index is 2.35. The van der Waals surface area contributed by atoms with Gasteiger partial charge in [0.1, 0.15) is 0 Å². The third-order valence-corrected chi connectivity index (χ3v) is 5.32. The molecule has 0 bridgehead atoms. The fraction of sp³-hybridized carbons (Fsp3) is 0.938. The molecule has 0 spiro atoms. The number of carbonyl (C=O) groups is 1. The van der Waals surface area contributed by atoms with Crippen LogP contribution in [0.1, 0.15) is 67.7 Å². The van der Waals surface area contributed by atoms with Crippen LogP contribution in [0, 0.1) is 0 Å². The first-order chi connectivity index (χ1) is 9.34. The van der Waals surface area contributed by atoms with E-state index in [0.29, 0.717) is 6.42 Å². The molecule has 2 aliphatic heterocycles. The lowest BCUT2D eigenvalue weighted by molar-refractivity contribution is -0.788. The number of nitrogens with zero attached hydrogens (tertiary/aromatic N) is 1. The molecule has 2 atom stereocenters. The van der Waals surface area contributed by atoms with Gasteiger partial charge in [0.2, 0.25) is 0 Å². The van der Waals surface area contributed by atoms with Crippen LogP contribution in [0.15, 0.2) is 0 Å². The van der Waals surface area contributed by atoms with Gasteiger partial charge in [0.15, 0.2) is 11.3 Å². The Labute approximate surface area is 128 Å². The molecule has 0 aliphatic carbocycles. The minimum Gasteiger partial charge on any atom is -0.438 e. The van der Waals surface area contributed by atoms with Crippen LogP contribution in [0.4, 0.5) is 4.79 Å². The summed E-state index contributed by atoms with van der Waals surface area (Å²) in [6.07, 6.45) is 1.90. The number of carbonyl (C=O) groups excluding carboxylic acids is 1. The van der Waals surface area contributed by atoms with Crippen LogP contribution in [0.2, 0.25) is 0 Å². The lowest BCUT2D eigenvalue weighted by Crippen LogP contribution is -3.06. The molecule has 21 heavy (non-hydrogen) atoms. The Hall–Kier alpha value is -0.810. The van der Waals surface area contributed by atoms with Gasteiger partial charge in [0.05, 0.1) is 11.1 Å². The van der Waals surface area contributed by atoms with Crippen LogP contribution in [0.3, 0.4) is 0 Å². The monoisotopic (exact) mass is 299 g/mol. The molecule has 0 aromatic rings. The van der Waals surface area contributed by atoms with Crippen LogP contribution >= 0.6 is 0 Å². The van der Waals surface area contributed by atoms with E-state index < -0.39 is 11.3 Å². The molecule has 2 rings (SSSR count). The van der Waals surface area contributed by atoms with Crippen LogP contribution in [-0.4, -0.2) is 44.5 Å². The van der Waals surface area contributed by atoms with Crippen molar-refractivity contribution in [3.63, 3.8) is 0 Å². The van der Waals surface area contributed by atoms with E-state index in [9.17, 15) is 9.90 Å². The first-order valence-electron chi connectivity index (χ1n) is 7.95. The number of rotatable bonds is 2. The van der Waals surface area contributed by atoms with Crippen molar-refractivity contribution in [2.45, 2.75) is 96.2 Å². The fourth-order valence-electron chi connectivity index (χ4n) is 4.33. The standard InChI is InChI=1S/C16H30N2O3/c1-8-15(6)16(7,20)18(12(19)21-15)11-9-13(2,3)17-14(4,5)10-11/h11,17,20H,8-10H2,1-7H3/p+1/t15-,16-/m1/s1. The number of nitrogens with two attached hydrogens (primary N) is 1. The lowest BCUT2D eigenvalue weighted by Gasteiger charge is -2.48. The van der Waals surface area contributed by atoms with Crippen molar-refractivity contribution in [1.82, 2.24) is 4.90 Å². The highest BCUT2D eigenvalue weighted by molar-refractivity contribution is 5.72. The SMILES string of the molecule is CC[C@@]1(C)OC(=O)N(C2CC(C)(C)[NH2+]C(C)(C)C2)[C@]1(C)O. The number of quaternary nitrogens is 1.